The first kappa shape index (κ1) is 15.7. The monoisotopic (exact) mass is 405 g/mol. The minimum absolute atomic E-state index is 0.0846. The van der Waals surface area contributed by atoms with Gasteiger partial charge in [-0.05, 0) is 47.4 Å². The molecule has 0 spiro atoms. The second-order valence-corrected chi connectivity index (χ2v) is 7.62. The van der Waals surface area contributed by atoms with Crippen LogP contribution in [-0.2, 0) is 0 Å². The van der Waals surface area contributed by atoms with Gasteiger partial charge in [0.1, 0.15) is 0 Å². The number of aromatic amines is 1. The van der Waals surface area contributed by atoms with Gasteiger partial charge in [0.15, 0.2) is 11.5 Å². The van der Waals surface area contributed by atoms with Crippen LogP contribution in [0.1, 0.15) is 23.2 Å². The molecule has 8 heteroatoms. The third kappa shape index (κ3) is 3.09. The van der Waals surface area contributed by atoms with Crippen molar-refractivity contribution >= 4 is 44.3 Å². The predicted molar refractivity (Wildman–Crippen MR) is 98.3 cm³/mol. The number of aromatic nitrogens is 3. The van der Waals surface area contributed by atoms with E-state index in [-0.39, 0.29) is 11.9 Å². The minimum atomic E-state index is -0.0846. The Balaban J connectivity index is 1.65. The summed E-state index contributed by atoms with van der Waals surface area (Å²) < 4.78 is 1.01. The number of fused-ring (bicyclic) bond motifs is 1. The predicted octanol–water partition coefficient (Wildman–Crippen LogP) is 2.93. The number of halogens is 1. The van der Waals surface area contributed by atoms with Crippen molar-refractivity contribution in [2.75, 3.05) is 13.1 Å². The Labute approximate surface area is 151 Å². The maximum atomic E-state index is 12.7. The van der Waals surface area contributed by atoms with Gasteiger partial charge in [0.2, 0.25) is 0 Å². The molecule has 1 unspecified atom stereocenters. The van der Waals surface area contributed by atoms with E-state index in [4.69, 9.17) is 0 Å². The molecule has 0 radical (unpaired) electrons. The molecular formula is C16H16BrN5OS. The Morgan fingerprint density at radius 1 is 1.46 bits per heavy atom. The van der Waals surface area contributed by atoms with E-state index in [2.05, 4.69) is 41.5 Å². The highest BCUT2D eigenvalue weighted by atomic mass is 79.9. The average Bonchev–Trinajstić information content (AvgIpc) is 3.21. The van der Waals surface area contributed by atoms with Crippen molar-refractivity contribution in [1.29, 1.82) is 0 Å². The summed E-state index contributed by atoms with van der Waals surface area (Å²) in [5.41, 5.74) is 1.82. The topological polar surface area (TPSA) is 82.7 Å². The van der Waals surface area contributed by atoms with Crippen LogP contribution in [0.5, 0.6) is 0 Å². The lowest BCUT2D eigenvalue weighted by Gasteiger charge is -2.23. The zero-order valence-corrected chi connectivity index (χ0v) is 15.2. The maximum Gasteiger partial charge on any atom is 0.253 e. The highest BCUT2D eigenvalue weighted by molar-refractivity contribution is 9.10. The SMILES string of the molecule is O=C(NC1CCCNC1)c1ccnc2nc(-c3cc(Br)cs3)[nH]c12. The van der Waals surface area contributed by atoms with Crippen LogP contribution in [0.3, 0.4) is 0 Å². The molecule has 1 saturated heterocycles. The van der Waals surface area contributed by atoms with Crippen molar-refractivity contribution < 1.29 is 4.79 Å². The number of nitrogens with zero attached hydrogens (tertiary/aromatic N) is 2. The summed E-state index contributed by atoms with van der Waals surface area (Å²) in [6.07, 6.45) is 3.72. The zero-order chi connectivity index (χ0) is 16.5. The van der Waals surface area contributed by atoms with Gasteiger partial charge in [-0.3, -0.25) is 4.79 Å². The van der Waals surface area contributed by atoms with Gasteiger partial charge in [-0.1, -0.05) is 0 Å². The first-order chi connectivity index (χ1) is 11.7. The van der Waals surface area contributed by atoms with Gasteiger partial charge in [-0.2, -0.15) is 0 Å². The van der Waals surface area contributed by atoms with Crippen LogP contribution in [0.4, 0.5) is 0 Å². The number of thiophene rings is 1. The third-order valence-electron chi connectivity index (χ3n) is 4.07. The van der Waals surface area contributed by atoms with Gasteiger partial charge in [-0.15, -0.1) is 11.3 Å². The van der Waals surface area contributed by atoms with Crippen molar-refractivity contribution in [2.45, 2.75) is 18.9 Å². The molecule has 1 aliphatic rings. The molecule has 0 aliphatic carbocycles. The number of amides is 1. The smallest absolute Gasteiger partial charge is 0.253 e. The maximum absolute atomic E-state index is 12.7. The number of imidazole rings is 1. The zero-order valence-electron chi connectivity index (χ0n) is 12.8. The largest absolute Gasteiger partial charge is 0.348 e. The highest BCUT2D eigenvalue weighted by Gasteiger charge is 2.20. The van der Waals surface area contributed by atoms with Crippen molar-refractivity contribution in [3.8, 4) is 10.7 Å². The van der Waals surface area contributed by atoms with Crippen LogP contribution in [-0.4, -0.2) is 40.0 Å². The minimum Gasteiger partial charge on any atom is -0.348 e. The number of rotatable bonds is 3. The Morgan fingerprint density at radius 3 is 3.12 bits per heavy atom. The number of carbonyl (C=O) groups is 1. The number of pyridine rings is 1. The van der Waals surface area contributed by atoms with E-state index < -0.39 is 0 Å². The summed E-state index contributed by atoms with van der Waals surface area (Å²) in [4.78, 5) is 25.7. The standard InChI is InChI=1S/C16H16BrN5OS/c17-9-6-12(24-8-9)14-21-13-11(3-5-19-15(13)22-14)16(23)20-10-2-1-4-18-7-10/h3,5-6,8,10,18H,1-2,4,7H2,(H,20,23)(H,19,21,22). The third-order valence-corrected chi connectivity index (χ3v) is 5.77. The number of H-pyrrole nitrogens is 1. The summed E-state index contributed by atoms with van der Waals surface area (Å²) in [5.74, 6) is 0.645. The molecule has 3 aromatic rings. The molecule has 1 aliphatic heterocycles. The van der Waals surface area contributed by atoms with Gasteiger partial charge in [0, 0.05) is 28.6 Å². The number of hydrogen-bond acceptors (Lipinski definition) is 5. The summed E-state index contributed by atoms with van der Waals surface area (Å²) >= 11 is 5.03. The lowest BCUT2D eigenvalue weighted by atomic mass is 10.1. The van der Waals surface area contributed by atoms with Gasteiger partial charge in [-0.25, -0.2) is 9.97 Å². The number of carbonyl (C=O) groups excluding carboxylic acids is 1. The summed E-state index contributed by atoms with van der Waals surface area (Å²) in [6, 6.07) is 3.90. The molecule has 4 rings (SSSR count). The molecule has 1 amide bonds. The Kier molecular flexibility index (Phi) is 4.34. The van der Waals surface area contributed by atoms with Crippen LogP contribution >= 0.6 is 27.3 Å². The molecule has 0 saturated carbocycles. The van der Waals surface area contributed by atoms with Crippen LogP contribution in [0.2, 0.25) is 0 Å². The fourth-order valence-electron chi connectivity index (χ4n) is 2.89. The van der Waals surface area contributed by atoms with E-state index in [9.17, 15) is 4.79 Å². The number of hydrogen-bond donors (Lipinski definition) is 3. The molecule has 24 heavy (non-hydrogen) atoms. The Morgan fingerprint density at radius 2 is 2.38 bits per heavy atom. The second-order valence-electron chi connectivity index (χ2n) is 5.79. The van der Waals surface area contributed by atoms with Crippen molar-refractivity contribution in [2.24, 2.45) is 0 Å². The van der Waals surface area contributed by atoms with Crippen LogP contribution in [0, 0.1) is 0 Å². The summed E-state index contributed by atoms with van der Waals surface area (Å²) in [6.45, 7) is 1.84. The van der Waals surface area contributed by atoms with Crippen molar-refractivity contribution in [3.05, 3.63) is 33.7 Å². The second kappa shape index (κ2) is 6.62. The molecule has 0 aromatic carbocycles. The molecule has 3 aromatic heterocycles. The molecule has 124 valence electrons. The molecule has 0 bridgehead atoms. The number of piperidine rings is 1. The Hall–Kier alpha value is -1.77. The average molecular weight is 406 g/mol. The van der Waals surface area contributed by atoms with Crippen molar-refractivity contribution in [1.82, 2.24) is 25.6 Å². The summed E-state index contributed by atoms with van der Waals surface area (Å²) in [7, 11) is 0. The van der Waals surface area contributed by atoms with E-state index in [0.29, 0.717) is 16.7 Å². The van der Waals surface area contributed by atoms with E-state index in [1.54, 1.807) is 23.6 Å². The lowest BCUT2D eigenvalue weighted by Crippen LogP contribution is -2.45. The molecule has 6 nitrogen and oxygen atoms in total. The quantitative estimate of drug-likeness (QED) is 0.625. The van der Waals surface area contributed by atoms with E-state index >= 15 is 0 Å². The lowest BCUT2D eigenvalue weighted by molar-refractivity contribution is 0.0932. The fraction of sp³-hybridized carbons (Fsp3) is 0.312. The number of nitrogens with one attached hydrogen (secondary N) is 3. The van der Waals surface area contributed by atoms with Gasteiger partial charge >= 0.3 is 0 Å². The normalized spacial score (nSPS) is 18.0. The van der Waals surface area contributed by atoms with E-state index in [1.165, 1.54) is 0 Å². The van der Waals surface area contributed by atoms with Crippen LogP contribution in [0.15, 0.2) is 28.2 Å². The first-order valence-corrected chi connectivity index (χ1v) is 9.48. The van der Waals surface area contributed by atoms with Crippen LogP contribution in [0.25, 0.3) is 21.9 Å². The fourth-order valence-corrected chi connectivity index (χ4v) is 4.26. The van der Waals surface area contributed by atoms with Crippen LogP contribution < -0.4 is 10.6 Å². The van der Waals surface area contributed by atoms with Gasteiger partial charge < -0.3 is 15.6 Å². The van der Waals surface area contributed by atoms with Crippen molar-refractivity contribution in [3.63, 3.8) is 0 Å². The van der Waals surface area contributed by atoms with E-state index in [1.807, 2.05) is 11.4 Å². The first-order valence-electron chi connectivity index (χ1n) is 7.81. The highest BCUT2D eigenvalue weighted by Crippen LogP contribution is 2.29. The summed E-state index contributed by atoms with van der Waals surface area (Å²) in [5, 5.41) is 8.40. The van der Waals surface area contributed by atoms with Gasteiger partial charge in [0.25, 0.3) is 5.91 Å². The van der Waals surface area contributed by atoms with Gasteiger partial charge in [0.05, 0.1) is 16.0 Å². The molecule has 1 fully saturated rings. The molecule has 3 N–H and O–H groups in total. The van der Waals surface area contributed by atoms with E-state index in [0.717, 1.165) is 41.1 Å². The molecular weight excluding hydrogens is 390 g/mol. The molecule has 1 atom stereocenters. The molecule has 4 heterocycles. The Bertz CT molecular complexity index is 884.